The van der Waals surface area contributed by atoms with Crippen LogP contribution < -0.4 is 0 Å². The van der Waals surface area contributed by atoms with Gasteiger partial charge in [-0.3, -0.25) is 9.97 Å². The number of aromatic nitrogens is 2. The molecular formula is C34H28N2. The highest BCUT2D eigenvalue weighted by atomic mass is 14.7. The van der Waals surface area contributed by atoms with Crippen LogP contribution in [0.1, 0.15) is 22.3 Å². The van der Waals surface area contributed by atoms with Gasteiger partial charge >= 0.3 is 0 Å². The summed E-state index contributed by atoms with van der Waals surface area (Å²) >= 11 is 0. The molecule has 6 rings (SSSR count). The number of aryl methyl sites for hydroxylation is 4. The lowest BCUT2D eigenvalue weighted by Crippen LogP contribution is -1.92. The summed E-state index contributed by atoms with van der Waals surface area (Å²) in [6.45, 7) is 8.63. The lowest BCUT2D eigenvalue weighted by Gasteiger charge is -2.15. The number of nitrogens with zero attached hydrogens (tertiary/aromatic N) is 2. The van der Waals surface area contributed by atoms with E-state index < -0.39 is 0 Å². The average Bonchev–Trinajstić information content (AvgIpc) is 2.88. The predicted molar refractivity (Wildman–Crippen MR) is 152 cm³/mol. The summed E-state index contributed by atoms with van der Waals surface area (Å²) in [5.74, 6) is 0. The number of hydrogen-bond acceptors (Lipinski definition) is 2. The van der Waals surface area contributed by atoms with Gasteiger partial charge in [0.05, 0.1) is 11.2 Å². The van der Waals surface area contributed by atoms with Gasteiger partial charge in [-0.05, 0) is 114 Å². The minimum atomic E-state index is 0.990. The third kappa shape index (κ3) is 3.95. The molecule has 174 valence electrons. The maximum absolute atomic E-state index is 4.79. The van der Waals surface area contributed by atoms with E-state index in [1.54, 1.807) is 0 Å². The summed E-state index contributed by atoms with van der Waals surface area (Å²) < 4.78 is 0. The second kappa shape index (κ2) is 8.73. The van der Waals surface area contributed by atoms with Crippen LogP contribution in [-0.4, -0.2) is 9.97 Å². The van der Waals surface area contributed by atoms with Crippen LogP contribution in [0.25, 0.3) is 55.2 Å². The van der Waals surface area contributed by atoms with Crippen LogP contribution in [-0.2, 0) is 0 Å². The Morgan fingerprint density at radius 3 is 2.11 bits per heavy atom. The molecule has 4 aromatic carbocycles. The highest BCUT2D eigenvalue weighted by molar-refractivity contribution is 6.13. The smallest absolute Gasteiger partial charge is 0.0714 e. The van der Waals surface area contributed by atoms with Crippen LogP contribution in [0.5, 0.6) is 0 Å². The van der Waals surface area contributed by atoms with Gasteiger partial charge in [-0.25, -0.2) is 0 Å². The van der Waals surface area contributed by atoms with E-state index in [0.29, 0.717) is 0 Å². The van der Waals surface area contributed by atoms with Gasteiger partial charge in [0.15, 0.2) is 0 Å². The molecule has 0 unspecified atom stereocenters. The highest BCUT2D eigenvalue weighted by Gasteiger charge is 2.13. The Balaban J connectivity index is 1.58. The van der Waals surface area contributed by atoms with Crippen molar-refractivity contribution < 1.29 is 0 Å². The molecule has 2 aromatic heterocycles. The number of fused-ring (bicyclic) bond motifs is 3. The fraction of sp³-hybridized carbons (Fsp3) is 0.118. The minimum absolute atomic E-state index is 0.990. The quantitative estimate of drug-likeness (QED) is 0.244. The van der Waals surface area contributed by atoms with Crippen molar-refractivity contribution in [3.05, 3.63) is 120 Å². The topological polar surface area (TPSA) is 25.8 Å². The first-order valence-corrected chi connectivity index (χ1v) is 12.4. The van der Waals surface area contributed by atoms with Crippen molar-refractivity contribution in [1.82, 2.24) is 9.97 Å². The van der Waals surface area contributed by atoms with Crippen LogP contribution in [0.2, 0.25) is 0 Å². The lowest BCUT2D eigenvalue weighted by molar-refractivity contribution is 1.32. The number of pyridine rings is 2. The van der Waals surface area contributed by atoms with Crippen LogP contribution in [0.15, 0.2) is 97.3 Å². The van der Waals surface area contributed by atoms with Crippen LogP contribution in [0.4, 0.5) is 0 Å². The zero-order valence-electron chi connectivity index (χ0n) is 21.1. The van der Waals surface area contributed by atoms with Crippen LogP contribution in [0, 0.1) is 27.7 Å². The zero-order valence-corrected chi connectivity index (χ0v) is 21.1. The van der Waals surface area contributed by atoms with Gasteiger partial charge in [-0.15, -0.1) is 0 Å². The molecular weight excluding hydrogens is 436 g/mol. The summed E-state index contributed by atoms with van der Waals surface area (Å²) in [7, 11) is 0. The third-order valence-corrected chi connectivity index (χ3v) is 6.99. The molecule has 0 spiro atoms. The van der Waals surface area contributed by atoms with Crippen molar-refractivity contribution in [2.45, 2.75) is 27.7 Å². The van der Waals surface area contributed by atoms with E-state index in [1.807, 2.05) is 24.5 Å². The highest BCUT2D eigenvalue weighted by Crippen LogP contribution is 2.38. The minimum Gasteiger partial charge on any atom is -0.256 e. The summed E-state index contributed by atoms with van der Waals surface area (Å²) in [5.41, 5.74) is 13.0. The van der Waals surface area contributed by atoms with Gasteiger partial charge in [0, 0.05) is 23.3 Å². The lowest BCUT2D eigenvalue weighted by atomic mass is 9.89. The van der Waals surface area contributed by atoms with Gasteiger partial charge < -0.3 is 0 Å². The van der Waals surface area contributed by atoms with Crippen molar-refractivity contribution in [2.24, 2.45) is 0 Å². The standard InChI is InChI=1S/C34H28N2/c1-21-8-11-28-31(15-21)30(19-34-32(28)16-23(3)20-36-34)27-14-22(2)13-26(17-27)29-18-25(10-9-24(29)4)33-7-5-6-12-35-33/h5-20H,1-4H3. The molecule has 0 fully saturated rings. The Hall–Kier alpha value is -4.30. The van der Waals surface area contributed by atoms with E-state index in [9.17, 15) is 0 Å². The normalized spacial score (nSPS) is 11.3. The second-order valence-electron chi connectivity index (χ2n) is 9.88. The Labute approximate surface area is 212 Å². The molecule has 0 bridgehead atoms. The maximum atomic E-state index is 4.79. The molecule has 6 aromatic rings. The van der Waals surface area contributed by atoms with Crippen molar-refractivity contribution in [3.8, 4) is 33.5 Å². The Morgan fingerprint density at radius 2 is 1.31 bits per heavy atom. The molecule has 0 aliphatic carbocycles. The molecule has 36 heavy (non-hydrogen) atoms. The van der Waals surface area contributed by atoms with Crippen molar-refractivity contribution >= 4 is 21.7 Å². The molecule has 0 aliphatic heterocycles. The Bertz CT molecular complexity index is 1760. The molecule has 0 amide bonds. The summed E-state index contributed by atoms with van der Waals surface area (Å²) in [4.78, 5) is 9.36. The van der Waals surface area contributed by atoms with Gasteiger partial charge in [-0.2, -0.15) is 0 Å². The van der Waals surface area contributed by atoms with Crippen molar-refractivity contribution in [3.63, 3.8) is 0 Å². The van der Waals surface area contributed by atoms with E-state index >= 15 is 0 Å². The fourth-order valence-corrected chi connectivity index (χ4v) is 5.20. The van der Waals surface area contributed by atoms with Gasteiger partial charge in [-0.1, -0.05) is 54.1 Å². The summed E-state index contributed by atoms with van der Waals surface area (Å²) in [5, 5.41) is 3.73. The first kappa shape index (κ1) is 22.2. The molecule has 0 saturated heterocycles. The number of benzene rings is 4. The first-order valence-electron chi connectivity index (χ1n) is 12.4. The fourth-order valence-electron chi connectivity index (χ4n) is 5.20. The largest absolute Gasteiger partial charge is 0.256 e. The average molecular weight is 465 g/mol. The monoisotopic (exact) mass is 464 g/mol. The number of hydrogen-bond donors (Lipinski definition) is 0. The van der Waals surface area contributed by atoms with Crippen molar-refractivity contribution in [1.29, 1.82) is 0 Å². The second-order valence-corrected chi connectivity index (χ2v) is 9.88. The van der Waals surface area contributed by atoms with Crippen LogP contribution in [0.3, 0.4) is 0 Å². The Morgan fingerprint density at radius 1 is 0.500 bits per heavy atom. The van der Waals surface area contributed by atoms with E-state index in [2.05, 4.69) is 105 Å². The molecule has 0 atom stereocenters. The Kier molecular flexibility index (Phi) is 5.38. The molecule has 0 N–H and O–H groups in total. The molecule has 2 heteroatoms. The maximum Gasteiger partial charge on any atom is 0.0714 e. The van der Waals surface area contributed by atoms with Gasteiger partial charge in [0.1, 0.15) is 0 Å². The molecule has 0 radical (unpaired) electrons. The van der Waals surface area contributed by atoms with E-state index in [-0.39, 0.29) is 0 Å². The summed E-state index contributed by atoms with van der Waals surface area (Å²) in [6, 6.07) is 30.8. The van der Waals surface area contributed by atoms with E-state index in [1.165, 1.54) is 60.7 Å². The molecule has 0 aliphatic rings. The van der Waals surface area contributed by atoms with Crippen LogP contribution >= 0.6 is 0 Å². The van der Waals surface area contributed by atoms with Crippen molar-refractivity contribution in [2.75, 3.05) is 0 Å². The zero-order chi connectivity index (χ0) is 24.8. The molecule has 0 saturated carbocycles. The molecule has 2 nitrogen and oxygen atoms in total. The third-order valence-electron chi connectivity index (χ3n) is 6.99. The van der Waals surface area contributed by atoms with E-state index in [4.69, 9.17) is 4.98 Å². The molecule has 2 heterocycles. The number of rotatable bonds is 3. The predicted octanol–water partition coefficient (Wildman–Crippen LogP) is 9.02. The van der Waals surface area contributed by atoms with E-state index in [0.717, 1.165) is 16.8 Å². The van der Waals surface area contributed by atoms with Gasteiger partial charge in [0.25, 0.3) is 0 Å². The summed E-state index contributed by atoms with van der Waals surface area (Å²) in [6.07, 6.45) is 3.81. The SMILES string of the molecule is Cc1cc(-c2cc(-c3ccccn3)ccc2C)cc(-c2cc3ncc(C)cc3c3ccc(C)cc23)c1. The first-order chi connectivity index (χ1) is 17.5. The van der Waals surface area contributed by atoms with Gasteiger partial charge in [0.2, 0.25) is 0 Å².